The fourth-order valence-corrected chi connectivity index (χ4v) is 1.72. The van der Waals surface area contributed by atoms with E-state index in [0.717, 1.165) is 24.4 Å². The summed E-state index contributed by atoms with van der Waals surface area (Å²) in [6.45, 7) is 4.38. The molecule has 0 bridgehead atoms. The summed E-state index contributed by atoms with van der Waals surface area (Å²) in [7, 11) is 0. The number of ether oxygens (including phenoxy) is 1. The number of hydrogen-bond donors (Lipinski definition) is 1. The number of benzene rings is 1. The van der Waals surface area contributed by atoms with Crippen LogP contribution in [-0.4, -0.2) is 16.5 Å². The Labute approximate surface area is 115 Å². The van der Waals surface area contributed by atoms with E-state index in [1.807, 2.05) is 13.8 Å². The van der Waals surface area contributed by atoms with Crippen LogP contribution in [-0.2, 0) is 6.61 Å². The highest BCUT2D eigenvalue weighted by Crippen LogP contribution is 2.21. The van der Waals surface area contributed by atoms with E-state index < -0.39 is 17.4 Å². The van der Waals surface area contributed by atoms with E-state index >= 15 is 0 Å². The zero-order chi connectivity index (χ0) is 14.5. The Balaban J connectivity index is 2.14. The lowest BCUT2D eigenvalue weighted by Gasteiger charge is -2.09. The van der Waals surface area contributed by atoms with Gasteiger partial charge >= 0.3 is 0 Å². The van der Waals surface area contributed by atoms with Crippen molar-refractivity contribution in [2.24, 2.45) is 0 Å². The normalized spacial score (nSPS) is 10.4. The van der Waals surface area contributed by atoms with Crippen molar-refractivity contribution in [1.29, 1.82) is 0 Å². The van der Waals surface area contributed by atoms with Crippen LogP contribution in [0.25, 0.3) is 0 Å². The third-order valence-electron chi connectivity index (χ3n) is 2.52. The molecule has 2 aromatic rings. The van der Waals surface area contributed by atoms with E-state index in [0.29, 0.717) is 11.6 Å². The van der Waals surface area contributed by atoms with Crippen molar-refractivity contribution >= 4 is 5.82 Å². The first-order valence-corrected chi connectivity index (χ1v) is 6.25. The lowest BCUT2D eigenvalue weighted by molar-refractivity contribution is 0.265. The number of halogens is 2. The lowest BCUT2D eigenvalue weighted by atomic mass is 10.3. The van der Waals surface area contributed by atoms with Crippen LogP contribution in [0.4, 0.5) is 14.6 Å². The zero-order valence-electron chi connectivity index (χ0n) is 11.3. The molecule has 0 aliphatic rings. The Morgan fingerprint density at radius 3 is 2.55 bits per heavy atom. The Morgan fingerprint density at radius 2 is 1.90 bits per heavy atom. The number of anilines is 1. The molecular weight excluding hydrogens is 264 g/mol. The molecule has 1 aromatic carbocycles. The lowest BCUT2D eigenvalue weighted by Crippen LogP contribution is -2.08. The molecule has 0 radical (unpaired) electrons. The van der Waals surface area contributed by atoms with Crippen molar-refractivity contribution in [2.75, 3.05) is 11.9 Å². The van der Waals surface area contributed by atoms with E-state index in [1.54, 1.807) is 6.07 Å². The molecule has 0 amide bonds. The van der Waals surface area contributed by atoms with Gasteiger partial charge < -0.3 is 10.1 Å². The molecule has 0 aliphatic heterocycles. The Bertz CT molecular complexity index is 585. The summed E-state index contributed by atoms with van der Waals surface area (Å²) in [5.41, 5.74) is 0.753. The largest absolute Gasteiger partial charge is 0.479 e. The van der Waals surface area contributed by atoms with Gasteiger partial charge in [0.25, 0.3) is 0 Å². The van der Waals surface area contributed by atoms with Crippen molar-refractivity contribution in [1.82, 2.24) is 9.97 Å². The van der Waals surface area contributed by atoms with Crippen molar-refractivity contribution < 1.29 is 13.5 Å². The second kappa shape index (κ2) is 6.27. The third kappa shape index (κ3) is 3.40. The minimum atomic E-state index is -0.746. The summed E-state index contributed by atoms with van der Waals surface area (Å²) in [6, 6.07) is 5.35. The smallest absolute Gasteiger partial charge is 0.191 e. The van der Waals surface area contributed by atoms with Gasteiger partial charge in [-0.15, -0.1) is 0 Å². The molecule has 0 unspecified atom stereocenters. The number of rotatable bonds is 5. The molecule has 0 saturated heterocycles. The highest BCUT2D eigenvalue weighted by Gasteiger charge is 2.11. The van der Waals surface area contributed by atoms with E-state index in [9.17, 15) is 8.78 Å². The van der Waals surface area contributed by atoms with Gasteiger partial charge in [0, 0.05) is 18.3 Å². The molecule has 0 atom stereocenters. The minimum absolute atomic E-state index is 0.0993. The summed E-state index contributed by atoms with van der Waals surface area (Å²) in [5, 5.41) is 3.05. The maximum atomic E-state index is 13.4. The molecule has 6 heteroatoms. The summed E-state index contributed by atoms with van der Waals surface area (Å²) >= 11 is 0. The van der Waals surface area contributed by atoms with Crippen LogP contribution < -0.4 is 10.1 Å². The average molecular weight is 279 g/mol. The van der Waals surface area contributed by atoms with E-state index in [2.05, 4.69) is 15.3 Å². The molecule has 1 aromatic heterocycles. The summed E-state index contributed by atoms with van der Waals surface area (Å²) in [6.07, 6.45) is 0. The van der Waals surface area contributed by atoms with Crippen LogP contribution in [0.3, 0.4) is 0 Å². The van der Waals surface area contributed by atoms with Crippen molar-refractivity contribution in [3.8, 4) is 5.75 Å². The van der Waals surface area contributed by atoms with E-state index in [-0.39, 0.29) is 6.61 Å². The van der Waals surface area contributed by atoms with Gasteiger partial charge in [-0.2, -0.15) is 0 Å². The van der Waals surface area contributed by atoms with Gasteiger partial charge in [-0.1, -0.05) is 6.07 Å². The molecule has 2 rings (SSSR count). The first-order valence-electron chi connectivity index (χ1n) is 6.25. The minimum Gasteiger partial charge on any atom is -0.479 e. The second-order valence-corrected chi connectivity index (χ2v) is 4.18. The fourth-order valence-electron chi connectivity index (χ4n) is 1.72. The van der Waals surface area contributed by atoms with Crippen LogP contribution in [0.15, 0.2) is 24.3 Å². The Morgan fingerprint density at radius 1 is 1.20 bits per heavy atom. The monoisotopic (exact) mass is 279 g/mol. The molecule has 0 spiro atoms. The number of hydrogen-bond acceptors (Lipinski definition) is 4. The van der Waals surface area contributed by atoms with Gasteiger partial charge in [0.2, 0.25) is 0 Å². The second-order valence-electron chi connectivity index (χ2n) is 4.18. The van der Waals surface area contributed by atoms with E-state index in [1.165, 1.54) is 6.07 Å². The first kappa shape index (κ1) is 14.2. The summed E-state index contributed by atoms with van der Waals surface area (Å²) < 4.78 is 32.0. The molecule has 0 fully saturated rings. The van der Waals surface area contributed by atoms with Crippen LogP contribution in [0.1, 0.15) is 18.4 Å². The highest BCUT2D eigenvalue weighted by molar-refractivity contribution is 5.35. The number of nitrogens with zero attached hydrogens (tertiary/aromatic N) is 2. The predicted molar refractivity (Wildman–Crippen MR) is 71.6 cm³/mol. The predicted octanol–water partition coefficient (Wildman–Crippen LogP) is 3.07. The van der Waals surface area contributed by atoms with Crippen LogP contribution in [0.2, 0.25) is 0 Å². The maximum absolute atomic E-state index is 13.4. The maximum Gasteiger partial charge on any atom is 0.191 e. The Kier molecular flexibility index (Phi) is 4.45. The van der Waals surface area contributed by atoms with Crippen molar-refractivity contribution in [3.05, 3.63) is 47.4 Å². The van der Waals surface area contributed by atoms with Crippen molar-refractivity contribution in [2.45, 2.75) is 20.5 Å². The molecule has 4 nitrogen and oxygen atoms in total. The molecular formula is C14H15F2N3O. The van der Waals surface area contributed by atoms with Gasteiger partial charge in [-0.25, -0.2) is 18.7 Å². The molecule has 1 heterocycles. The summed E-state index contributed by atoms with van der Waals surface area (Å²) in [5.74, 6) is -0.882. The van der Waals surface area contributed by atoms with Gasteiger partial charge in [-0.05, 0) is 26.0 Å². The fraction of sp³-hybridized carbons (Fsp3) is 0.286. The molecule has 0 saturated carbocycles. The molecule has 1 N–H and O–H groups in total. The van der Waals surface area contributed by atoms with Gasteiger partial charge in [0.05, 0.1) is 0 Å². The topological polar surface area (TPSA) is 47.0 Å². The van der Waals surface area contributed by atoms with Gasteiger partial charge in [0.15, 0.2) is 23.2 Å². The highest BCUT2D eigenvalue weighted by atomic mass is 19.1. The zero-order valence-corrected chi connectivity index (χ0v) is 11.3. The average Bonchev–Trinajstić information content (AvgIpc) is 2.38. The van der Waals surface area contributed by atoms with Crippen molar-refractivity contribution in [3.63, 3.8) is 0 Å². The number of aryl methyl sites for hydroxylation is 1. The van der Waals surface area contributed by atoms with Crippen LogP contribution >= 0.6 is 0 Å². The standard InChI is InChI=1S/C14H15F2N3O/c1-3-17-12-7-9(2)18-13(19-12)8-20-14-10(15)5-4-6-11(14)16/h4-7H,3,8H2,1-2H3,(H,17,18,19). The van der Waals surface area contributed by atoms with E-state index in [4.69, 9.17) is 4.74 Å². The van der Waals surface area contributed by atoms with Crippen LogP contribution in [0, 0.1) is 18.6 Å². The Hall–Kier alpha value is -2.24. The number of aromatic nitrogens is 2. The number of para-hydroxylation sites is 1. The first-order chi connectivity index (χ1) is 9.60. The number of nitrogens with one attached hydrogen (secondary N) is 1. The van der Waals surface area contributed by atoms with Gasteiger partial charge in [-0.3, -0.25) is 0 Å². The third-order valence-corrected chi connectivity index (χ3v) is 2.52. The molecule has 106 valence electrons. The SMILES string of the molecule is CCNc1cc(C)nc(COc2c(F)cccc2F)n1. The molecule has 20 heavy (non-hydrogen) atoms. The summed E-state index contributed by atoms with van der Waals surface area (Å²) in [4.78, 5) is 8.38. The quantitative estimate of drug-likeness (QED) is 0.913. The van der Waals surface area contributed by atoms with Gasteiger partial charge in [0.1, 0.15) is 12.4 Å². The molecule has 0 aliphatic carbocycles. The van der Waals surface area contributed by atoms with Crippen LogP contribution in [0.5, 0.6) is 5.75 Å².